The zero-order valence-electron chi connectivity index (χ0n) is 8.96. The van der Waals surface area contributed by atoms with Crippen LogP contribution in [-0.4, -0.2) is 11.1 Å². The van der Waals surface area contributed by atoms with Crippen LogP contribution in [0.15, 0.2) is 11.6 Å². The van der Waals surface area contributed by atoms with E-state index in [0.29, 0.717) is 12.3 Å². The van der Waals surface area contributed by atoms with E-state index in [-0.39, 0.29) is 0 Å². The van der Waals surface area contributed by atoms with Crippen molar-refractivity contribution in [3.05, 3.63) is 11.6 Å². The number of carbonyl (C=O) groups is 1. The van der Waals surface area contributed by atoms with Crippen LogP contribution in [0.2, 0.25) is 0 Å². The summed E-state index contributed by atoms with van der Waals surface area (Å²) in [4.78, 5) is 10.6. The van der Waals surface area contributed by atoms with E-state index in [1.54, 1.807) is 0 Å². The summed E-state index contributed by atoms with van der Waals surface area (Å²) in [5, 5.41) is 8.74. The lowest BCUT2D eigenvalue weighted by Gasteiger charge is -2.12. The first-order chi connectivity index (χ1) is 6.74. The maximum absolute atomic E-state index is 10.6. The van der Waals surface area contributed by atoms with E-state index in [9.17, 15) is 4.79 Å². The van der Waals surface area contributed by atoms with Gasteiger partial charge in [0.15, 0.2) is 0 Å². The van der Waals surface area contributed by atoms with Crippen LogP contribution in [0, 0.1) is 5.92 Å². The van der Waals surface area contributed by atoms with Crippen molar-refractivity contribution >= 4 is 5.97 Å². The molecule has 0 aromatic rings. The van der Waals surface area contributed by atoms with Gasteiger partial charge in [-0.1, -0.05) is 31.4 Å². The Morgan fingerprint density at radius 3 is 3.00 bits per heavy atom. The molecule has 0 spiro atoms. The fourth-order valence-electron chi connectivity index (χ4n) is 2.15. The first-order valence-electron chi connectivity index (χ1n) is 5.64. The summed E-state index contributed by atoms with van der Waals surface area (Å²) >= 11 is 0. The lowest BCUT2D eigenvalue weighted by Crippen LogP contribution is -2.07. The van der Waals surface area contributed by atoms with Crippen LogP contribution in [0.25, 0.3) is 0 Å². The van der Waals surface area contributed by atoms with Crippen molar-refractivity contribution < 1.29 is 9.90 Å². The van der Waals surface area contributed by atoms with Gasteiger partial charge in [-0.3, -0.25) is 4.79 Å². The molecule has 1 N–H and O–H groups in total. The van der Waals surface area contributed by atoms with Gasteiger partial charge in [-0.2, -0.15) is 0 Å². The molecule has 0 aromatic heterocycles. The Hall–Kier alpha value is -0.790. The number of carboxylic acids is 1. The van der Waals surface area contributed by atoms with Crippen molar-refractivity contribution in [2.24, 2.45) is 5.92 Å². The SMILES string of the molecule is CCCCCC1=CCC[C@@H]1CC(=O)O. The molecule has 14 heavy (non-hydrogen) atoms. The molecule has 1 aliphatic rings. The molecule has 80 valence electrons. The fraction of sp³-hybridized carbons (Fsp3) is 0.750. The van der Waals surface area contributed by atoms with Gasteiger partial charge in [0.1, 0.15) is 0 Å². The fourth-order valence-corrected chi connectivity index (χ4v) is 2.15. The van der Waals surface area contributed by atoms with Crippen molar-refractivity contribution in [2.75, 3.05) is 0 Å². The van der Waals surface area contributed by atoms with Gasteiger partial charge in [0.25, 0.3) is 0 Å². The third kappa shape index (κ3) is 3.52. The van der Waals surface area contributed by atoms with Crippen LogP contribution in [0.5, 0.6) is 0 Å². The van der Waals surface area contributed by atoms with Gasteiger partial charge >= 0.3 is 5.97 Å². The number of carboxylic acid groups (broad SMARTS) is 1. The molecule has 0 amide bonds. The maximum atomic E-state index is 10.6. The largest absolute Gasteiger partial charge is 0.481 e. The molecule has 2 nitrogen and oxygen atoms in total. The summed E-state index contributed by atoms with van der Waals surface area (Å²) < 4.78 is 0. The van der Waals surface area contributed by atoms with Gasteiger partial charge in [0.2, 0.25) is 0 Å². The molecule has 1 rings (SSSR count). The minimum Gasteiger partial charge on any atom is -0.481 e. The summed E-state index contributed by atoms with van der Waals surface area (Å²) in [6.45, 7) is 2.19. The molecule has 0 unspecified atom stereocenters. The number of unbranched alkanes of at least 4 members (excludes halogenated alkanes) is 2. The average Bonchev–Trinajstić information content (AvgIpc) is 2.52. The van der Waals surface area contributed by atoms with E-state index >= 15 is 0 Å². The van der Waals surface area contributed by atoms with Crippen LogP contribution in [0.1, 0.15) is 51.9 Å². The quantitative estimate of drug-likeness (QED) is 0.522. The third-order valence-electron chi connectivity index (χ3n) is 2.94. The zero-order chi connectivity index (χ0) is 10.4. The van der Waals surface area contributed by atoms with Crippen molar-refractivity contribution in [1.29, 1.82) is 0 Å². The molecular weight excluding hydrogens is 176 g/mol. The molecule has 0 aliphatic heterocycles. The van der Waals surface area contributed by atoms with Crippen molar-refractivity contribution in [1.82, 2.24) is 0 Å². The highest BCUT2D eigenvalue weighted by molar-refractivity contribution is 5.67. The van der Waals surface area contributed by atoms with E-state index in [2.05, 4.69) is 13.0 Å². The molecule has 0 heterocycles. The zero-order valence-corrected chi connectivity index (χ0v) is 8.96. The van der Waals surface area contributed by atoms with E-state index < -0.39 is 5.97 Å². The molecule has 0 fully saturated rings. The number of aliphatic carboxylic acids is 1. The lowest BCUT2D eigenvalue weighted by molar-refractivity contribution is -0.137. The summed E-state index contributed by atoms with van der Waals surface area (Å²) in [7, 11) is 0. The Morgan fingerprint density at radius 2 is 2.36 bits per heavy atom. The average molecular weight is 196 g/mol. The molecular formula is C12H20O2. The van der Waals surface area contributed by atoms with Crippen LogP contribution >= 0.6 is 0 Å². The number of allylic oxidation sites excluding steroid dienone is 2. The second-order valence-corrected chi connectivity index (χ2v) is 4.11. The standard InChI is InChI=1S/C12H20O2/c1-2-3-4-6-10-7-5-8-11(10)9-12(13)14/h7,11H,2-6,8-9H2,1H3,(H,13,14)/t11-/m1/s1. The molecule has 1 atom stereocenters. The highest BCUT2D eigenvalue weighted by atomic mass is 16.4. The lowest BCUT2D eigenvalue weighted by atomic mass is 9.94. The first kappa shape index (κ1) is 11.3. The summed E-state index contributed by atoms with van der Waals surface area (Å²) in [5.74, 6) is -0.317. The minimum absolute atomic E-state index is 0.331. The van der Waals surface area contributed by atoms with E-state index in [4.69, 9.17) is 5.11 Å². The Balaban J connectivity index is 2.31. The number of rotatable bonds is 6. The summed E-state index contributed by atoms with van der Waals surface area (Å²) in [6.07, 6.45) is 9.55. The Bertz CT molecular complexity index is 218. The van der Waals surface area contributed by atoms with Crippen molar-refractivity contribution in [2.45, 2.75) is 51.9 Å². The first-order valence-corrected chi connectivity index (χ1v) is 5.64. The van der Waals surface area contributed by atoms with Gasteiger partial charge in [-0.15, -0.1) is 0 Å². The molecule has 0 bridgehead atoms. The second kappa shape index (κ2) is 5.84. The Labute approximate surface area is 86.0 Å². The molecule has 2 heteroatoms. The van der Waals surface area contributed by atoms with E-state index in [1.807, 2.05) is 0 Å². The minimum atomic E-state index is -0.654. The molecule has 0 saturated carbocycles. The van der Waals surface area contributed by atoms with Gasteiger partial charge in [0, 0.05) is 0 Å². The predicted molar refractivity (Wildman–Crippen MR) is 57.2 cm³/mol. The molecule has 1 aliphatic carbocycles. The normalized spacial score (nSPS) is 20.9. The highest BCUT2D eigenvalue weighted by Gasteiger charge is 2.20. The second-order valence-electron chi connectivity index (χ2n) is 4.11. The Morgan fingerprint density at radius 1 is 1.57 bits per heavy atom. The van der Waals surface area contributed by atoms with Crippen molar-refractivity contribution in [3.63, 3.8) is 0 Å². The molecule has 0 aromatic carbocycles. The smallest absolute Gasteiger partial charge is 0.303 e. The van der Waals surface area contributed by atoms with Crippen LogP contribution < -0.4 is 0 Å². The number of hydrogen-bond donors (Lipinski definition) is 1. The van der Waals surface area contributed by atoms with Gasteiger partial charge in [0.05, 0.1) is 6.42 Å². The highest BCUT2D eigenvalue weighted by Crippen LogP contribution is 2.32. The molecule has 0 saturated heterocycles. The van der Waals surface area contributed by atoms with Gasteiger partial charge in [-0.25, -0.2) is 0 Å². The maximum Gasteiger partial charge on any atom is 0.303 e. The topological polar surface area (TPSA) is 37.3 Å². The van der Waals surface area contributed by atoms with Crippen LogP contribution in [0.3, 0.4) is 0 Å². The molecule has 0 radical (unpaired) electrons. The van der Waals surface area contributed by atoms with E-state index in [0.717, 1.165) is 19.3 Å². The Kier molecular flexibility index (Phi) is 4.71. The van der Waals surface area contributed by atoms with Crippen molar-refractivity contribution in [3.8, 4) is 0 Å². The monoisotopic (exact) mass is 196 g/mol. The summed E-state index contributed by atoms with van der Waals surface area (Å²) in [6, 6.07) is 0. The van der Waals surface area contributed by atoms with Crippen LogP contribution in [0.4, 0.5) is 0 Å². The summed E-state index contributed by atoms with van der Waals surface area (Å²) in [5.41, 5.74) is 1.40. The van der Waals surface area contributed by atoms with Gasteiger partial charge < -0.3 is 5.11 Å². The van der Waals surface area contributed by atoms with Crippen LogP contribution in [-0.2, 0) is 4.79 Å². The van der Waals surface area contributed by atoms with E-state index in [1.165, 1.54) is 24.8 Å². The van der Waals surface area contributed by atoms with Gasteiger partial charge in [-0.05, 0) is 31.6 Å². The third-order valence-corrected chi connectivity index (χ3v) is 2.94. The predicted octanol–water partition coefficient (Wildman–Crippen LogP) is 3.38. The number of hydrogen-bond acceptors (Lipinski definition) is 1.